The fourth-order valence-electron chi connectivity index (χ4n) is 1.53. The molecule has 2 N–H and O–H groups in total. The molecule has 0 aromatic carbocycles. The standard InChI is InChI=1S/C11H20N2/c1-4-11(2,3)13-9-10-7-5-6-8-12-10/h1,10,12-13H,5-9H2,2-3H3. The highest BCUT2D eigenvalue weighted by atomic mass is 15.0. The SMILES string of the molecule is C#CC(C)(C)NCC1CCCCN1. The molecule has 74 valence electrons. The molecule has 2 heteroatoms. The molecule has 1 heterocycles. The predicted molar refractivity (Wildman–Crippen MR) is 56.6 cm³/mol. The lowest BCUT2D eigenvalue weighted by Crippen LogP contribution is -2.48. The minimum atomic E-state index is -0.168. The highest BCUT2D eigenvalue weighted by Gasteiger charge is 2.17. The van der Waals surface area contributed by atoms with Gasteiger partial charge in [0.15, 0.2) is 0 Å². The smallest absolute Gasteiger partial charge is 0.0741 e. The molecule has 0 amide bonds. The zero-order valence-electron chi connectivity index (χ0n) is 8.69. The Balaban J connectivity index is 2.22. The molecule has 0 spiro atoms. The van der Waals surface area contributed by atoms with Crippen molar-refractivity contribution in [3.05, 3.63) is 0 Å². The van der Waals surface area contributed by atoms with Gasteiger partial charge < -0.3 is 10.6 Å². The van der Waals surface area contributed by atoms with Gasteiger partial charge >= 0.3 is 0 Å². The van der Waals surface area contributed by atoms with Crippen LogP contribution in [0.2, 0.25) is 0 Å². The molecule has 0 saturated carbocycles. The Morgan fingerprint density at radius 3 is 2.85 bits per heavy atom. The number of hydrogen-bond acceptors (Lipinski definition) is 2. The topological polar surface area (TPSA) is 24.1 Å². The molecule has 0 radical (unpaired) electrons. The van der Waals surface area contributed by atoms with Crippen molar-refractivity contribution in [1.82, 2.24) is 10.6 Å². The van der Waals surface area contributed by atoms with Crippen molar-refractivity contribution < 1.29 is 0 Å². The van der Waals surface area contributed by atoms with E-state index in [9.17, 15) is 0 Å². The summed E-state index contributed by atoms with van der Waals surface area (Å²) in [6, 6.07) is 0.612. The molecule has 2 nitrogen and oxygen atoms in total. The lowest BCUT2D eigenvalue weighted by atomic mass is 10.0. The van der Waals surface area contributed by atoms with E-state index in [2.05, 4.69) is 16.6 Å². The maximum atomic E-state index is 5.39. The van der Waals surface area contributed by atoms with E-state index in [4.69, 9.17) is 6.42 Å². The highest BCUT2D eigenvalue weighted by Crippen LogP contribution is 2.07. The van der Waals surface area contributed by atoms with Crippen LogP contribution in [0.1, 0.15) is 33.1 Å². The van der Waals surface area contributed by atoms with Crippen molar-refractivity contribution >= 4 is 0 Å². The zero-order valence-corrected chi connectivity index (χ0v) is 8.69. The Morgan fingerprint density at radius 1 is 1.54 bits per heavy atom. The monoisotopic (exact) mass is 180 g/mol. The molecule has 0 aromatic rings. The van der Waals surface area contributed by atoms with Crippen LogP contribution in [0.4, 0.5) is 0 Å². The third-order valence-corrected chi connectivity index (χ3v) is 2.56. The van der Waals surface area contributed by atoms with Crippen molar-refractivity contribution in [3.8, 4) is 12.3 Å². The van der Waals surface area contributed by atoms with Crippen LogP contribution < -0.4 is 10.6 Å². The van der Waals surface area contributed by atoms with Crippen LogP contribution in [0.15, 0.2) is 0 Å². The molecular formula is C11H20N2. The van der Waals surface area contributed by atoms with E-state index in [-0.39, 0.29) is 5.54 Å². The third-order valence-electron chi connectivity index (χ3n) is 2.56. The average Bonchev–Trinajstić information content (AvgIpc) is 2.17. The summed E-state index contributed by atoms with van der Waals surface area (Å²) in [5, 5.41) is 6.86. The van der Waals surface area contributed by atoms with Crippen molar-refractivity contribution in [2.45, 2.75) is 44.7 Å². The highest BCUT2D eigenvalue weighted by molar-refractivity contribution is 5.07. The van der Waals surface area contributed by atoms with Gasteiger partial charge in [0, 0.05) is 12.6 Å². The van der Waals surface area contributed by atoms with Crippen LogP contribution in [0.5, 0.6) is 0 Å². The summed E-state index contributed by atoms with van der Waals surface area (Å²) in [4.78, 5) is 0. The summed E-state index contributed by atoms with van der Waals surface area (Å²) in [6.45, 7) is 6.21. The lowest BCUT2D eigenvalue weighted by molar-refractivity contribution is 0.356. The molecule has 13 heavy (non-hydrogen) atoms. The van der Waals surface area contributed by atoms with E-state index in [1.165, 1.54) is 19.3 Å². The van der Waals surface area contributed by atoms with Gasteiger partial charge in [0.25, 0.3) is 0 Å². The summed E-state index contributed by atoms with van der Waals surface area (Å²) in [5.41, 5.74) is -0.168. The molecule has 1 aliphatic rings. The Kier molecular flexibility index (Phi) is 3.77. The molecule has 1 unspecified atom stereocenters. The van der Waals surface area contributed by atoms with Crippen molar-refractivity contribution in [1.29, 1.82) is 0 Å². The molecule has 0 aliphatic carbocycles. The van der Waals surface area contributed by atoms with Crippen LogP contribution >= 0.6 is 0 Å². The molecule has 1 rings (SSSR count). The predicted octanol–water partition coefficient (Wildman–Crippen LogP) is 1.13. The Hall–Kier alpha value is -0.520. The van der Waals surface area contributed by atoms with E-state index >= 15 is 0 Å². The zero-order chi connectivity index (χ0) is 9.73. The quantitative estimate of drug-likeness (QED) is 0.636. The maximum Gasteiger partial charge on any atom is 0.0741 e. The normalized spacial score (nSPS) is 23.9. The van der Waals surface area contributed by atoms with Crippen molar-refractivity contribution in [3.63, 3.8) is 0 Å². The molecule has 1 fully saturated rings. The number of rotatable bonds is 3. The first kappa shape index (κ1) is 10.6. The first-order valence-electron chi connectivity index (χ1n) is 5.10. The van der Waals surface area contributed by atoms with Gasteiger partial charge in [-0.15, -0.1) is 6.42 Å². The summed E-state index contributed by atoms with van der Waals surface area (Å²) >= 11 is 0. The average molecular weight is 180 g/mol. The van der Waals surface area contributed by atoms with E-state index < -0.39 is 0 Å². The molecule has 1 aliphatic heterocycles. The minimum absolute atomic E-state index is 0.168. The van der Waals surface area contributed by atoms with E-state index in [0.717, 1.165) is 13.1 Å². The largest absolute Gasteiger partial charge is 0.313 e. The first-order chi connectivity index (χ1) is 6.14. The number of nitrogens with one attached hydrogen (secondary N) is 2. The van der Waals surface area contributed by atoms with Gasteiger partial charge in [-0.05, 0) is 33.2 Å². The molecule has 0 aromatic heterocycles. The van der Waals surface area contributed by atoms with Gasteiger partial charge in [-0.25, -0.2) is 0 Å². The van der Waals surface area contributed by atoms with E-state index in [0.29, 0.717) is 6.04 Å². The van der Waals surface area contributed by atoms with Gasteiger partial charge in [0.05, 0.1) is 5.54 Å². The van der Waals surface area contributed by atoms with Gasteiger partial charge in [0.2, 0.25) is 0 Å². The second kappa shape index (κ2) is 4.64. The van der Waals surface area contributed by atoms with E-state index in [1.54, 1.807) is 0 Å². The second-order valence-corrected chi connectivity index (χ2v) is 4.30. The van der Waals surface area contributed by atoms with Crippen LogP contribution in [-0.2, 0) is 0 Å². The van der Waals surface area contributed by atoms with Gasteiger partial charge in [-0.1, -0.05) is 12.3 Å². The van der Waals surface area contributed by atoms with Gasteiger partial charge in [-0.2, -0.15) is 0 Å². The van der Waals surface area contributed by atoms with Crippen LogP contribution in [0.25, 0.3) is 0 Å². The van der Waals surface area contributed by atoms with Gasteiger partial charge in [-0.3, -0.25) is 0 Å². The Morgan fingerprint density at radius 2 is 2.31 bits per heavy atom. The molecule has 1 atom stereocenters. The second-order valence-electron chi connectivity index (χ2n) is 4.30. The Bertz CT molecular complexity index is 185. The van der Waals surface area contributed by atoms with Gasteiger partial charge in [0.1, 0.15) is 0 Å². The maximum absolute atomic E-state index is 5.39. The van der Waals surface area contributed by atoms with E-state index in [1.807, 2.05) is 13.8 Å². The van der Waals surface area contributed by atoms with Crippen LogP contribution in [-0.4, -0.2) is 24.7 Å². The van der Waals surface area contributed by atoms with Crippen molar-refractivity contribution in [2.75, 3.05) is 13.1 Å². The fraction of sp³-hybridized carbons (Fsp3) is 0.818. The number of piperidine rings is 1. The minimum Gasteiger partial charge on any atom is -0.313 e. The number of hydrogen-bond donors (Lipinski definition) is 2. The summed E-state index contributed by atoms with van der Waals surface area (Å²) in [6.07, 6.45) is 9.32. The summed E-state index contributed by atoms with van der Waals surface area (Å²) in [5.74, 6) is 2.74. The summed E-state index contributed by atoms with van der Waals surface area (Å²) in [7, 11) is 0. The first-order valence-corrected chi connectivity index (χ1v) is 5.10. The molecular weight excluding hydrogens is 160 g/mol. The summed E-state index contributed by atoms with van der Waals surface area (Å²) < 4.78 is 0. The number of terminal acetylenes is 1. The van der Waals surface area contributed by atoms with Crippen molar-refractivity contribution in [2.24, 2.45) is 0 Å². The molecule has 1 saturated heterocycles. The van der Waals surface area contributed by atoms with Crippen LogP contribution in [0, 0.1) is 12.3 Å². The molecule has 0 bridgehead atoms. The lowest BCUT2D eigenvalue weighted by Gasteiger charge is -2.27. The Labute approximate surface area is 81.5 Å². The third kappa shape index (κ3) is 3.80. The fourth-order valence-corrected chi connectivity index (χ4v) is 1.53. The van der Waals surface area contributed by atoms with Crippen LogP contribution in [0.3, 0.4) is 0 Å².